The molecule has 0 fully saturated rings. The maximum Gasteiger partial charge on any atom is 0.161 e. The fraction of sp³-hybridized carbons (Fsp3) is 0.300. The molecule has 1 aliphatic heterocycles. The van der Waals surface area contributed by atoms with Crippen LogP contribution in [0.15, 0.2) is 17.1 Å². The van der Waals surface area contributed by atoms with Crippen LogP contribution >= 0.6 is 23.4 Å². The van der Waals surface area contributed by atoms with Crippen LogP contribution in [0.2, 0.25) is 5.02 Å². The van der Waals surface area contributed by atoms with Gasteiger partial charge in [-0.25, -0.2) is 8.78 Å². The van der Waals surface area contributed by atoms with E-state index >= 15 is 0 Å². The third-order valence-corrected chi connectivity index (χ3v) is 3.33. The highest BCUT2D eigenvalue weighted by atomic mass is 35.5. The average Bonchev–Trinajstić information content (AvgIpc) is 2.25. The van der Waals surface area contributed by atoms with Gasteiger partial charge in [0.2, 0.25) is 0 Å². The Kier molecular flexibility index (Phi) is 3.66. The van der Waals surface area contributed by atoms with Gasteiger partial charge >= 0.3 is 0 Å². The summed E-state index contributed by atoms with van der Waals surface area (Å²) in [5.74, 6) is -0.461. The Hall–Kier alpha value is -0.810. The molecule has 0 saturated heterocycles. The normalized spacial score (nSPS) is 15.8. The first-order valence-corrected chi connectivity index (χ1v) is 6.12. The van der Waals surface area contributed by atoms with Gasteiger partial charge in [0.15, 0.2) is 11.0 Å². The first-order valence-electron chi connectivity index (χ1n) is 4.75. The van der Waals surface area contributed by atoms with E-state index in [-0.39, 0.29) is 10.7 Å². The Morgan fingerprint density at radius 2 is 2.19 bits per heavy atom. The molecule has 0 radical (unpaired) electrons. The van der Waals surface area contributed by atoms with Crippen molar-refractivity contribution in [2.24, 2.45) is 4.99 Å². The lowest BCUT2D eigenvalue weighted by Crippen LogP contribution is -2.14. The van der Waals surface area contributed by atoms with Crippen LogP contribution in [0.4, 0.5) is 14.5 Å². The van der Waals surface area contributed by atoms with E-state index in [0.717, 1.165) is 30.9 Å². The SMILES string of the molecule is Fc1cc(F)c(NC2=NCCCS2)c(Cl)c1. The monoisotopic (exact) mass is 262 g/mol. The lowest BCUT2D eigenvalue weighted by molar-refractivity contribution is 0.586. The molecule has 86 valence electrons. The molecule has 1 N–H and O–H groups in total. The highest BCUT2D eigenvalue weighted by molar-refractivity contribution is 8.14. The van der Waals surface area contributed by atoms with Gasteiger partial charge in [-0.1, -0.05) is 23.4 Å². The van der Waals surface area contributed by atoms with Gasteiger partial charge in [-0.15, -0.1) is 0 Å². The van der Waals surface area contributed by atoms with Gasteiger partial charge in [-0.3, -0.25) is 4.99 Å². The molecule has 1 aliphatic rings. The summed E-state index contributed by atoms with van der Waals surface area (Å²) >= 11 is 7.25. The Bertz CT molecular complexity index is 414. The zero-order valence-electron chi connectivity index (χ0n) is 8.27. The van der Waals surface area contributed by atoms with Gasteiger partial charge in [-0.2, -0.15) is 0 Å². The number of rotatable bonds is 1. The third kappa shape index (κ3) is 2.65. The van der Waals surface area contributed by atoms with E-state index in [9.17, 15) is 8.78 Å². The van der Waals surface area contributed by atoms with E-state index in [1.807, 2.05) is 0 Å². The van der Waals surface area contributed by atoms with Crippen LogP contribution in [-0.2, 0) is 0 Å². The largest absolute Gasteiger partial charge is 0.331 e. The first-order chi connectivity index (χ1) is 7.66. The van der Waals surface area contributed by atoms with Crippen LogP contribution in [0.5, 0.6) is 0 Å². The average molecular weight is 263 g/mol. The lowest BCUT2D eigenvalue weighted by Gasteiger charge is -2.14. The Morgan fingerprint density at radius 3 is 2.81 bits per heavy atom. The topological polar surface area (TPSA) is 24.4 Å². The quantitative estimate of drug-likeness (QED) is 0.837. The molecular weight excluding hydrogens is 254 g/mol. The number of thioether (sulfide) groups is 1. The van der Waals surface area contributed by atoms with Gasteiger partial charge < -0.3 is 5.32 Å². The van der Waals surface area contributed by atoms with Crippen molar-refractivity contribution in [1.82, 2.24) is 0 Å². The van der Waals surface area contributed by atoms with Crippen molar-refractivity contribution in [1.29, 1.82) is 0 Å². The van der Waals surface area contributed by atoms with Crippen LogP contribution < -0.4 is 5.32 Å². The smallest absolute Gasteiger partial charge is 0.161 e. The predicted octanol–water partition coefficient (Wildman–Crippen LogP) is 3.52. The molecule has 0 unspecified atom stereocenters. The molecule has 0 saturated carbocycles. The van der Waals surface area contributed by atoms with Crippen molar-refractivity contribution in [3.63, 3.8) is 0 Å². The minimum absolute atomic E-state index is 0.0198. The Labute approximate surface area is 101 Å². The second-order valence-electron chi connectivity index (χ2n) is 3.26. The van der Waals surface area contributed by atoms with Crippen LogP contribution in [-0.4, -0.2) is 17.5 Å². The molecule has 16 heavy (non-hydrogen) atoms. The molecule has 0 spiro atoms. The van der Waals surface area contributed by atoms with Crippen molar-refractivity contribution >= 4 is 34.2 Å². The number of nitrogens with one attached hydrogen (secondary N) is 1. The Balaban J connectivity index is 2.24. The summed E-state index contributed by atoms with van der Waals surface area (Å²) in [7, 11) is 0. The van der Waals surface area contributed by atoms with Crippen molar-refractivity contribution < 1.29 is 8.78 Å². The first kappa shape index (κ1) is 11.7. The van der Waals surface area contributed by atoms with Crippen molar-refractivity contribution in [3.8, 4) is 0 Å². The number of halogens is 3. The molecule has 1 aromatic carbocycles. The predicted molar refractivity (Wildman–Crippen MR) is 64.4 cm³/mol. The highest BCUT2D eigenvalue weighted by Crippen LogP contribution is 2.28. The van der Waals surface area contributed by atoms with E-state index in [1.165, 1.54) is 11.8 Å². The summed E-state index contributed by atoms with van der Waals surface area (Å²) < 4.78 is 26.2. The fourth-order valence-corrected chi connectivity index (χ4v) is 2.37. The van der Waals surface area contributed by atoms with Crippen LogP contribution in [0, 0.1) is 11.6 Å². The maximum absolute atomic E-state index is 13.4. The second kappa shape index (κ2) is 5.01. The Morgan fingerprint density at radius 1 is 1.38 bits per heavy atom. The molecule has 0 atom stereocenters. The van der Waals surface area contributed by atoms with E-state index in [1.54, 1.807) is 0 Å². The minimum Gasteiger partial charge on any atom is -0.331 e. The number of nitrogens with zero attached hydrogens (tertiary/aromatic N) is 1. The van der Waals surface area contributed by atoms with E-state index in [4.69, 9.17) is 11.6 Å². The van der Waals surface area contributed by atoms with Crippen LogP contribution in [0.1, 0.15) is 6.42 Å². The van der Waals surface area contributed by atoms with E-state index in [0.29, 0.717) is 5.17 Å². The molecule has 1 aromatic rings. The van der Waals surface area contributed by atoms with E-state index < -0.39 is 11.6 Å². The molecule has 1 heterocycles. The summed E-state index contributed by atoms with van der Waals surface area (Å²) in [4.78, 5) is 4.18. The van der Waals surface area contributed by atoms with Gasteiger partial charge in [0.25, 0.3) is 0 Å². The molecule has 2 nitrogen and oxygen atoms in total. The number of benzene rings is 1. The molecule has 6 heteroatoms. The summed E-state index contributed by atoms with van der Waals surface area (Å²) in [5, 5.41) is 3.43. The summed E-state index contributed by atoms with van der Waals surface area (Å²) in [6.07, 6.45) is 1.01. The minimum atomic E-state index is -0.709. The lowest BCUT2D eigenvalue weighted by atomic mass is 10.3. The molecular formula is C10H9ClF2N2S. The van der Waals surface area contributed by atoms with Crippen molar-refractivity contribution in [3.05, 3.63) is 28.8 Å². The highest BCUT2D eigenvalue weighted by Gasteiger charge is 2.13. The van der Waals surface area contributed by atoms with Crippen LogP contribution in [0.3, 0.4) is 0 Å². The molecule has 0 bridgehead atoms. The number of aliphatic imine (C=N–C) groups is 1. The second-order valence-corrected chi connectivity index (χ2v) is 4.75. The summed E-state index contributed by atoms with van der Waals surface area (Å²) in [5.41, 5.74) is 0.0798. The van der Waals surface area contributed by atoms with Crippen molar-refractivity contribution in [2.45, 2.75) is 6.42 Å². The molecule has 0 amide bonds. The fourth-order valence-electron chi connectivity index (χ4n) is 1.30. The maximum atomic E-state index is 13.4. The van der Waals surface area contributed by atoms with Gasteiger partial charge in [0, 0.05) is 18.4 Å². The molecule has 0 aliphatic carbocycles. The van der Waals surface area contributed by atoms with Gasteiger partial charge in [-0.05, 0) is 12.5 Å². The molecule has 2 rings (SSSR count). The van der Waals surface area contributed by atoms with Gasteiger partial charge in [0.1, 0.15) is 5.82 Å². The van der Waals surface area contributed by atoms with Gasteiger partial charge in [0.05, 0.1) is 10.7 Å². The van der Waals surface area contributed by atoms with Crippen molar-refractivity contribution in [2.75, 3.05) is 17.6 Å². The zero-order chi connectivity index (χ0) is 11.5. The number of hydrogen-bond acceptors (Lipinski definition) is 3. The number of anilines is 1. The third-order valence-electron chi connectivity index (χ3n) is 2.04. The number of amidine groups is 1. The van der Waals surface area contributed by atoms with E-state index in [2.05, 4.69) is 10.3 Å². The van der Waals surface area contributed by atoms with Crippen LogP contribution in [0.25, 0.3) is 0 Å². The number of hydrogen-bond donors (Lipinski definition) is 1. The standard InChI is InChI=1S/C10H9ClF2N2S/c11-7-4-6(12)5-8(13)9(7)15-10-14-2-1-3-16-10/h4-5H,1-3H2,(H,14,15). The molecule has 0 aromatic heterocycles. The summed E-state index contributed by atoms with van der Waals surface area (Å²) in [6.45, 7) is 0.718. The summed E-state index contributed by atoms with van der Waals surface area (Å²) in [6, 6.07) is 1.86. The zero-order valence-corrected chi connectivity index (χ0v) is 9.84.